The van der Waals surface area contributed by atoms with Crippen molar-refractivity contribution in [3.05, 3.63) is 11.6 Å². The van der Waals surface area contributed by atoms with Crippen molar-refractivity contribution in [2.75, 3.05) is 6.54 Å². The van der Waals surface area contributed by atoms with Crippen molar-refractivity contribution in [3.63, 3.8) is 0 Å². The zero-order valence-corrected chi connectivity index (χ0v) is 11.7. The van der Waals surface area contributed by atoms with E-state index in [0.29, 0.717) is 6.04 Å². The smallest absolute Gasteiger partial charge is 0.150 e. The van der Waals surface area contributed by atoms with Crippen molar-refractivity contribution in [3.8, 4) is 0 Å². The minimum atomic E-state index is 0.550. The fourth-order valence-corrected chi connectivity index (χ4v) is 1.83. The van der Waals surface area contributed by atoms with Gasteiger partial charge in [0.05, 0.1) is 0 Å². The van der Waals surface area contributed by atoms with Crippen LogP contribution in [-0.2, 0) is 19.4 Å². The Hall–Kier alpha value is -0.900. The van der Waals surface area contributed by atoms with Crippen LogP contribution >= 0.6 is 0 Å². The SMILES string of the molecule is CCCNC(C)CCn1nc(CC)nc1CC. The van der Waals surface area contributed by atoms with Gasteiger partial charge in [-0.25, -0.2) is 9.67 Å². The van der Waals surface area contributed by atoms with Crippen molar-refractivity contribution in [2.45, 2.75) is 66.0 Å². The molecule has 17 heavy (non-hydrogen) atoms. The number of aromatic nitrogens is 3. The topological polar surface area (TPSA) is 42.7 Å². The molecule has 0 amide bonds. The van der Waals surface area contributed by atoms with E-state index in [1.54, 1.807) is 0 Å². The predicted octanol–water partition coefficient (Wildman–Crippen LogP) is 2.18. The first-order chi connectivity index (χ1) is 8.21. The number of aryl methyl sites for hydroxylation is 3. The highest BCUT2D eigenvalue weighted by molar-refractivity contribution is 4.92. The molecule has 0 aliphatic carbocycles. The lowest BCUT2D eigenvalue weighted by atomic mass is 10.2. The summed E-state index contributed by atoms with van der Waals surface area (Å²) >= 11 is 0. The van der Waals surface area contributed by atoms with Crippen molar-refractivity contribution in [1.82, 2.24) is 20.1 Å². The highest BCUT2D eigenvalue weighted by Crippen LogP contribution is 2.03. The summed E-state index contributed by atoms with van der Waals surface area (Å²) in [6.07, 6.45) is 4.18. The maximum absolute atomic E-state index is 4.53. The lowest BCUT2D eigenvalue weighted by Crippen LogP contribution is -2.28. The van der Waals surface area contributed by atoms with E-state index >= 15 is 0 Å². The molecule has 1 unspecified atom stereocenters. The van der Waals surface area contributed by atoms with E-state index in [4.69, 9.17) is 0 Å². The molecule has 4 heteroatoms. The number of nitrogens with one attached hydrogen (secondary N) is 1. The van der Waals surface area contributed by atoms with Crippen molar-refractivity contribution in [2.24, 2.45) is 0 Å². The van der Waals surface area contributed by atoms with Gasteiger partial charge in [0.15, 0.2) is 5.82 Å². The van der Waals surface area contributed by atoms with Gasteiger partial charge in [-0.2, -0.15) is 5.10 Å². The van der Waals surface area contributed by atoms with Gasteiger partial charge in [0, 0.05) is 25.4 Å². The van der Waals surface area contributed by atoms with Crippen LogP contribution in [0.15, 0.2) is 0 Å². The minimum absolute atomic E-state index is 0.550. The Labute approximate surface area is 105 Å². The van der Waals surface area contributed by atoms with Crippen LogP contribution in [0.3, 0.4) is 0 Å². The molecule has 1 aromatic rings. The van der Waals surface area contributed by atoms with E-state index in [2.05, 4.69) is 47.8 Å². The van der Waals surface area contributed by atoms with Gasteiger partial charge >= 0.3 is 0 Å². The molecule has 0 aromatic carbocycles. The number of hydrogen-bond donors (Lipinski definition) is 1. The van der Waals surface area contributed by atoms with Crippen LogP contribution in [0.2, 0.25) is 0 Å². The molecule has 0 saturated carbocycles. The van der Waals surface area contributed by atoms with Gasteiger partial charge in [-0.05, 0) is 26.3 Å². The zero-order valence-electron chi connectivity index (χ0n) is 11.7. The largest absolute Gasteiger partial charge is 0.314 e. The van der Waals surface area contributed by atoms with Gasteiger partial charge in [0.25, 0.3) is 0 Å². The summed E-state index contributed by atoms with van der Waals surface area (Å²) in [6.45, 7) is 10.7. The first-order valence-electron chi connectivity index (χ1n) is 6.87. The third-order valence-electron chi connectivity index (χ3n) is 2.94. The van der Waals surface area contributed by atoms with Crippen LogP contribution in [0.1, 0.15) is 52.2 Å². The standard InChI is InChI=1S/C13H26N4/c1-5-9-14-11(4)8-10-17-13(7-3)15-12(6-2)16-17/h11,14H,5-10H2,1-4H3. The summed E-state index contributed by atoms with van der Waals surface area (Å²) in [4.78, 5) is 4.52. The number of rotatable bonds is 8. The van der Waals surface area contributed by atoms with Crippen molar-refractivity contribution < 1.29 is 0 Å². The molecule has 1 heterocycles. The molecule has 4 nitrogen and oxygen atoms in total. The third-order valence-corrected chi connectivity index (χ3v) is 2.94. The van der Waals surface area contributed by atoms with Gasteiger partial charge in [-0.3, -0.25) is 0 Å². The van der Waals surface area contributed by atoms with E-state index in [0.717, 1.165) is 44.0 Å². The maximum Gasteiger partial charge on any atom is 0.150 e. The monoisotopic (exact) mass is 238 g/mol. The fourth-order valence-electron chi connectivity index (χ4n) is 1.83. The van der Waals surface area contributed by atoms with Crippen LogP contribution < -0.4 is 5.32 Å². The molecule has 0 spiro atoms. The highest BCUT2D eigenvalue weighted by Gasteiger charge is 2.08. The quantitative estimate of drug-likeness (QED) is 0.755. The molecule has 98 valence electrons. The Morgan fingerprint density at radius 3 is 2.59 bits per heavy atom. The molecule has 0 aliphatic heterocycles. The number of nitrogens with zero attached hydrogens (tertiary/aromatic N) is 3. The lowest BCUT2D eigenvalue weighted by Gasteiger charge is -2.13. The summed E-state index contributed by atoms with van der Waals surface area (Å²) in [5, 5.41) is 8.03. The van der Waals surface area contributed by atoms with E-state index in [1.807, 2.05) is 0 Å². The molecule has 0 radical (unpaired) electrons. The first-order valence-corrected chi connectivity index (χ1v) is 6.87. The average Bonchev–Trinajstić information content (AvgIpc) is 2.76. The van der Waals surface area contributed by atoms with Gasteiger partial charge < -0.3 is 5.32 Å². The van der Waals surface area contributed by atoms with Crippen molar-refractivity contribution in [1.29, 1.82) is 0 Å². The lowest BCUT2D eigenvalue weighted by molar-refractivity contribution is 0.450. The Kier molecular flexibility index (Phi) is 6.19. The molecule has 0 bridgehead atoms. The summed E-state index contributed by atoms with van der Waals surface area (Å²) < 4.78 is 2.07. The van der Waals surface area contributed by atoms with Gasteiger partial charge in [0.2, 0.25) is 0 Å². The normalized spacial score (nSPS) is 12.9. The molecule has 0 saturated heterocycles. The van der Waals surface area contributed by atoms with Crippen LogP contribution in [0.4, 0.5) is 0 Å². The summed E-state index contributed by atoms with van der Waals surface area (Å²) in [5.74, 6) is 2.08. The van der Waals surface area contributed by atoms with Crippen LogP contribution in [0, 0.1) is 0 Å². The maximum atomic E-state index is 4.53. The molecule has 1 N–H and O–H groups in total. The van der Waals surface area contributed by atoms with Crippen molar-refractivity contribution >= 4 is 0 Å². The molecular formula is C13H26N4. The van der Waals surface area contributed by atoms with Crippen LogP contribution in [0.5, 0.6) is 0 Å². The summed E-state index contributed by atoms with van der Waals surface area (Å²) in [7, 11) is 0. The number of hydrogen-bond acceptors (Lipinski definition) is 3. The summed E-state index contributed by atoms with van der Waals surface area (Å²) in [5.41, 5.74) is 0. The molecule has 0 fully saturated rings. The van der Waals surface area contributed by atoms with Crippen LogP contribution in [0.25, 0.3) is 0 Å². The van der Waals surface area contributed by atoms with E-state index in [1.165, 1.54) is 6.42 Å². The zero-order chi connectivity index (χ0) is 12.7. The van der Waals surface area contributed by atoms with Gasteiger partial charge in [-0.15, -0.1) is 0 Å². The van der Waals surface area contributed by atoms with Crippen LogP contribution in [-0.4, -0.2) is 27.4 Å². The summed E-state index contributed by atoms with van der Waals surface area (Å²) in [6, 6.07) is 0.550. The fraction of sp³-hybridized carbons (Fsp3) is 0.846. The molecule has 1 aromatic heterocycles. The van der Waals surface area contributed by atoms with Gasteiger partial charge in [-0.1, -0.05) is 20.8 Å². The Morgan fingerprint density at radius 1 is 1.24 bits per heavy atom. The highest BCUT2D eigenvalue weighted by atomic mass is 15.3. The minimum Gasteiger partial charge on any atom is -0.314 e. The van der Waals surface area contributed by atoms with E-state index in [9.17, 15) is 0 Å². The Bertz CT molecular complexity index is 319. The molecular weight excluding hydrogens is 212 g/mol. The molecule has 1 atom stereocenters. The third kappa shape index (κ3) is 4.46. The molecule has 1 rings (SSSR count). The Morgan fingerprint density at radius 2 is 2.00 bits per heavy atom. The van der Waals surface area contributed by atoms with Gasteiger partial charge in [0.1, 0.15) is 5.82 Å². The van der Waals surface area contributed by atoms with E-state index < -0.39 is 0 Å². The second-order valence-electron chi connectivity index (χ2n) is 4.52. The first kappa shape index (κ1) is 14.2. The average molecular weight is 238 g/mol. The second kappa shape index (κ2) is 7.43. The van der Waals surface area contributed by atoms with E-state index in [-0.39, 0.29) is 0 Å². The second-order valence-corrected chi connectivity index (χ2v) is 4.52. The Balaban J connectivity index is 2.47. The molecule has 0 aliphatic rings. The predicted molar refractivity (Wildman–Crippen MR) is 71.2 cm³/mol.